The lowest BCUT2D eigenvalue weighted by atomic mass is 10.0. The molecule has 2 aromatic carbocycles. The average molecular weight is 495 g/mol. The van der Waals surface area contributed by atoms with Crippen LogP contribution < -0.4 is 15.0 Å². The zero-order valence-electron chi connectivity index (χ0n) is 18.6. The Labute approximate surface area is 205 Å². The maximum Gasteiger partial charge on any atom is 0.416 e. The Kier molecular flexibility index (Phi) is 5.94. The molecule has 1 aliphatic rings. The van der Waals surface area contributed by atoms with Crippen molar-refractivity contribution >= 4 is 23.0 Å². The molecule has 0 unspecified atom stereocenters. The van der Waals surface area contributed by atoms with Crippen molar-refractivity contribution in [1.82, 2.24) is 14.9 Å². The van der Waals surface area contributed by atoms with E-state index in [1.54, 1.807) is 30.1 Å². The predicted octanol–water partition coefficient (Wildman–Crippen LogP) is 6.08. The number of nitrogens with one attached hydrogen (secondary N) is 1. The number of alkyl halides is 3. The number of anilines is 1. The van der Waals surface area contributed by atoms with Crippen molar-refractivity contribution in [3.8, 4) is 11.4 Å². The molecule has 4 aromatic rings. The summed E-state index contributed by atoms with van der Waals surface area (Å²) in [6.07, 6.45) is -0.974. The molecule has 9 heteroatoms. The summed E-state index contributed by atoms with van der Waals surface area (Å²) in [4.78, 5) is 6.50. The molecule has 3 heterocycles. The van der Waals surface area contributed by atoms with E-state index in [0.29, 0.717) is 16.5 Å². The van der Waals surface area contributed by atoms with E-state index in [-0.39, 0.29) is 12.1 Å². The van der Waals surface area contributed by atoms with Crippen LogP contribution in [0.25, 0.3) is 5.69 Å². The molecule has 1 fully saturated rings. The molecular weight excluding hydrogens is 473 g/mol. The fourth-order valence-electron chi connectivity index (χ4n) is 4.38. The predicted molar refractivity (Wildman–Crippen MR) is 132 cm³/mol. The van der Waals surface area contributed by atoms with Crippen LogP contribution in [0, 0.1) is 0 Å². The van der Waals surface area contributed by atoms with Gasteiger partial charge in [0, 0.05) is 29.5 Å². The number of thiocarbonyl (C=S) groups is 1. The number of benzene rings is 2. The molecule has 1 aliphatic heterocycles. The number of nitrogens with zero attached hydrogens (tertiary/aromatic N) is 3. The molecule has 5 rings (SSSR count). The largest absolute Gasteiger partial charge is 0.497 e. The Hall–Kier alpha value is -3.85. The number of methoxy groups -OCH3 is 1. The number of ether oxygens (including phenoxy) is 1. The van der Waals surface area contributed by atoms with E-state index in [9.17, 15) is 13.2 Å². The van der Waals surface area contributed by atoms with Gasteiger partial charge < -0.3 is 19.5 Å². The van der Waals surface area contributed by atoms with Gasteiger partial charge in [0.05, 0.1) is 24.4 Å². The number of aromatic nitrogens is 2. The van der Waals surface area contributed by atoms with Gasteiger partial charge in [0.25, 0.3) is 0 Å². The van der Waals surface area contributed by atoms with Crippen LogP contribution in [0.2, 0.25) is 0 Å². The number of pyridine rings is 1. The first kappa shape index (κ1) is 22.9. The van der Waals surface area contributed by atoms with Gasteiger partial charge in [-0.1, -0.05) is 12.1 Å². The minimum absolute atomic E-state index is 0.328. The van der Waals surface area contributed by atoms with Crippen LogP contribution in [0.4, 0.5) is 18.9 Å². The Balaban J connectivity index is 1.64. The normalized spacial score (nSPS) is 17.9. The standard InChI is InChI=1S/C26H21F3N4OS/c1-34-20-12-10-18(11-13-20)33-24(23(31-25(33)35)21-8-2-3-14-30-21)22-9-5-15-32(22)19-7-4-6-17(16-19)26(27,28)29/h2-16,23-24H,1H3,(H,31,35)/t23-,24-/m0/s1. The number of rotatable bonds is 5. The van der Waals surface area contributed by atoms with Crippen LogP contribution >= 0.6 is 12.2 Å². The molecule has 178 valence electrons. The molecule has 0 radical (unpaired) electrons. The number of hydrogen-bond acceptors (Lipinski definition) is 3. The van der Waals surface area contributed by atoms with Crippen molar-refractivity contribution in [3.63, 3.8) is 0 Å². The SMILES string of the molecule is COc1ccc(N2C(=S)N[C@@H](c3ccccn3)[C@@H]2c2cccn2-c2cccc(C(F)(F)F)c2)cc1. The molecule has 0 amide bonds. The summed E-state index contributed by atoms with van der Waals surface area (Å²) in [6.45, 7) is 0. The van der Waals surface area contributed by atoms with Crippen molar-refractivity contribution in [2.45, 2.75) is 18.3 Å². The molecule has 0 saturated carbocycles. The third kappa shape index (κ3) is 4.35. The fraction of sp³-hybridized carbons (Fsp3) is 0.154. The van der Waals surface area contributed by atoms with Crippen LogP contribution in [-0.4, -0.2) is 21.8 Å². The molecule has 0 spiro atoms. The maximum atomic E-state index is 13.4. The molecule has 2 aromatic heterocycles. The third-order valence-electron chi connectivity index (χ3n) is 5.98. The van der Waals surface area contributed by atoms with Gasteiger partial charge >= 0.3 is 6.18 Å². The van der Waals surface area contributed by atoms with Crippen molar-refractivity contribution in [1.29, 1.82) is 0 Å². The Bertz CT molecular complexity index is 1340. The van der Waals surface area contributed by atoms with E-state index in [2.05, 4.69) is 10.3 Å². The summed E-state index contributed by atoms with van der Waals surface area (Å²) in [5, 5.41) is 3.86. The van der Waals surface area contributed by atoms with Gasteiger partial charge in [-0.2, -0.15) is 13.2 Å². The van der Waals surface area contributed by atoms with Crippen LogP contribution in [0.5, 0.6) is 5.75 Å². The van der Waals surface area contributed by atoms with E-state index >= 15 is 0 Å². The summed E-state index contributed by atoms with van der Waals surface area (Å²) in [5.41, 5.74) is 2.06. The van der Waals surface area contributed by atoms with Crippen molar-refractivity contribution in [2.75, 3.05) is 12.0 Å². The molecule has 1 N–H and O–H groups in total. The highest BCUT2D eigenvalue weighted by atomic mass is 32.1. The summed E-state index contributed by atoms with van der Waals surface area (Å²) in [7, 11) is 1.60. The first-order chi connectivity index (χ1) is 16.9. The number of hydrogen-bond donors (Lipinski definition) is 1. The van der Waals surface area contributed by atoms with Crippen molar-refractivity contribution in [3.05, 3.63) is 108 Å². The van der Waals surface area contributed by atoms with Crippen molar-refractivity contribution < 1.29 is 17.9 Å². The minimum Gasteiger partial charge on any atom is -0.497 e. The van der Waals surface area contributed by atoms with Gasteiger partial charge in [-0.15, -0.1) is 0 Å². The van der Waals surface area contributed by atoms with Gasteiger partial charge in [-0.25, -0.2) is 0 Å². The monoisotopic (exact) mass is 494 g/mol. The van der Waals surface area contributed by atoms with Crippen LogP contribution in [0.3, 0.4) is 0 Å². The summed E-state index contributed by atoms with van der Waals surface area (Å²) >= 11 is 5.74. The lowest BCUT2D eigenvalue weighted by Crippen LogP contribution is -2.30. The van der Waals surface area contributed by atoms with E-state index in [4.69, 9.17) is 17.0 Å². The molecule has 2 atom stereocenters. The second-order valence-corrected chi connectivity index (χ2v) is 8.43. The molecule has 1 saturated heterocycles. The average Bonchev–Trinajstić information content (AvgIpc) is 3.48. The Morgan fingerprint density at radius 2 is 1.74 bits per heavy atom. The highest BCUT2D eigenvalue weighted by Crippen LogP contribution is 2.42. The highest BCUT2D eigenvalue weighted by molar-refractivity contribution is 7.80. The maximum absolute atomic E-state index is 13.4. The first-order valence-electron chi connectivity index (χ1n) is 10.9. The second kappa shape index (κ2) is 9.07. The Morgan fingerprint density at radius 1 is 0.943 bits per heavy atom. The quantitative estimate of drug-likeness (QED) is 0.341. The molecule has 35 heavy (non-hydrogen) atoms. The third-order valence-corrected chi connectivity index (χ3v) is 6.30. The molecule has 0 aliphatic carbocycles. The molecule has 0 bridgehead atoms. The highest BCUT2D eigenvalue weighted by Gasteiger charge is 2.42. The van der Waals surface area contributed by atoms with Gasteiger partial charge in [0.15, 0.2) is 5.11 Å². The zero-order chi connectivity index (χ0) is 24.6. The van der Waals surface area contributed by atoms with Gasteiger partial charge in [0.2, 0.25) is 0 Å². The van der Waals surface area contributed by atoms with Gasteiger partial charge in [-0.3, -0.25) is 4.98 Å². The summed E-state index contributed by atoms with van der Waals surface area (Å²) in [6, 6.07) is 21.4. The molecule has 5 nitrogen and oxygen atoms in total. The molecular formula is C26H21F3N4OS. The van der Waals surface area contributed by atoms with Gasteiger partial charge in [0.1, 0.15) is 11.8 Å². The van der Waals surface area contributed by atoms with Crippen LogP contribution in [-0.2, 0) is 6.18 Å². The lowest BCUT2D eigenvalue weighted by molar-refractivity contribution is -0.137. The minimum atomic E-state index is -4.44. The van der Waals surface area contributed by atoms with Crippen molar-refractivity contribution in [2.24, 2.45) is 0 Å². The van der Waals surface area contributed by atoms with E-state index in [0.717, 1.165) is 29.2 Å². The number of halogens is 3. The topological polar surface area (TPSA) is 42.3 Å². The van der Waals surface area contributed by atoms with E-state index in [1.165, 1.54) is 6.07 Å². The van der Waals surface area contributed by atoms with Crippen LogP contribution in [0.1, 0.15) is 29.0 Å². The van der Waals surface area contributed by atoms with E-state index in [1.807, 2.05) is 59.5 Å². The summed E-state index contributed by atoms with van der Waals surface area (Å²) in [5.74, 6) is 0.706. The summed E-state index contributed by atoms with van der Waals surface area (Å²) < 4.78 is 47.3. The van der Waals surface area contributed by atoms with E-state index < -0.39 is 11.7 Å². The van der Waals surface area contributed by atoms with Crippen LogP contribution in [0.15, 0.2) is 91.3 Å². The second-order valence-electron chi connectivity index (χ2n) is 8.05. The Morgan fingerprint density at radius 3 is 2.43 bits per heavy atom. The fourth-order valence-corrected chi connectivity index (χ4v) is 4.72. The smallest absolute Gasteiger partial charge is 0.416 e. The first-order valence-corrected chi connectivity index (χ1v) is 11.3. The van der Waals surface area contributed by atoms with Gasteiger partial charge in [-0.05, 0) is 78.9 Å². The zero-order valence-corrected chi connectivity index (χ0v) is 19.4. The lowest BCUT2D eigenvalue weighted by Gasteiger charge is -2.29.